The molecule has 2 amide bonds. The van der Waals surface area contributed by atoms with Crippen molar-refractivity contribution in [2.75, 3.05) is 36.5 Å². The molecule has 2 aromatic carbocycles. The predicted octanol–water partition coefficient (Wildman–Crippen LogP) is 5.18. The lowest BCUT2D eigenvalue weighted by atomic mass is 10.1. The number of nitrogens with one attached hydrogen (secondary N) is 2. The van der Waals surface area contributed by atoms with E-state index in [0.717, 1.165) is 5.56 Å². The second kappa shape index (κ2) is 10.8. The third-order valence-corrected chi connectivity index (χ3v) is 9.78. The molecule has 2 fully saturated rings. The van der Waals surface area contributed by atoms with Crippen LogP contribution in [0.1, 0.15) is 37.9 Å². The van der Waals surface area contributed by atoms with Gasteiger partial charge in [0.1, 0.15) is 10.6 Å². The molecule has 1 aliphatic carbocycles. The van der Waals surface area contributed by atoms with Crippen LogP contribution in [0.5, 0.6) is 0 Å². The molecule has 5 rings (SSSR count). The lowest BCUT2D eigenvalue weighted by Gasteiger charge is -2.41. The smallest absolute Gasteiger partial charge is 0.319 e. The Morgan fingerprint density at radius 3 is 2.51 bits per heavy atom. The van der Waals surface area contributed by atoms with Crippen molar-refractivity contribution in [3.63, 3.8) is 0 Å². The van der Waals surface area contributed by atoms with Crippen molar-refractivity contribution in [1.29, 1.82) is 5.26 Å². The van der Waals surface area contributed by atoms with Crippen LogP contribution in [0, 0.1) is 11.3 Å². The molecule has 2 aliphatic rings. The number of rotatable bonds is 7. The van der Waals surface area contributed by atoms with Crippen LogP contribution >= 0.6 is 10.6 Å². The van der Waals surface area contributed by atoms with Gasteiger partial charge in [0.15, 0.2) is 5.82 Å². The Bertz CT molecular complexity index is 1390. The number of anilines is 2. The molecule has 10 nitrogen and oxygen atoms in total. The van der Waals surface area contributed by atoms with Gasteiger partial charge in [-0.3, -0.25) is 9.11 Å². The van der Waals surface area contributed by atoms with E-state index in [0.29, 0.717) is 72.6 Å². The summed E-state index contributed by atoms with van der Waals surface area (Å²) in [5.74, 6) is 1.17. The fourth-order valence-corrected chi connectivity index (χ4v) is 6.83. The second-order valence-corrected chi connectivity index (χ2v) is 12.1. The fourth-order valence-electron chi connectivity index (χ4n) is 4.79. The number of nitrogens with zero attached hydrogens (tertiary/aromatic N) is 4. The lowest BCUT2D eigenvalue weighted by molar-refractivity contribution is 0.0985. The van der Waals surface area contributed by atoms with Gasteiger partial charge < -0.3 is 20.3 Å². The molecular weight excluding hydrogens is 516 g/mol. The van der Waals surface area contributed by atoms with E-state index in [2.05, 4.69) is 28.5 Å². The largest absolute Gasteiger partial charge is 0.377 e. The number of aromatic nitrogens is 2. The van der Waals surface area contributed by atoms with Crippen LogP contribution in [-0.4, -0.2) is 57.4 Å². The van der Waals surface area contributed by atoms with Gasteiger partial charge in [0.05, 0.1) is 41.5 Å². The number of hydrogen-bond donors (Lipinski definition) is 4. The number of benzene rings is 2. The van der Waals surface area contributed by atoms with Gasteiger partial charge in [-0.25, -0.2) is 14.8 Å². The zero-order chi connectivity index (χ0) is 27.6. The van der Waals surface area contributed by atoms with E-state index in [1.807, 2.05) is 25.1 Å². The molecule has 1 atom stereocenters. The van der Waals surface area contributed by atoms with Crippen molar-refractivity contribution < 1.29 is 18.6 Å². The first-order valence-electron chi connectivity index (χ1n) is 12.9. The Hall–Kier alpha value is -3.69. The summed E-state index contributed by atoms with van der Waals surface area (Å²) in [4.78, 5) is 24.2. The molecule has 0 bridgehead atoms. The molecule has 1 aliphatic heterocycles. The number of hydrogen-bond acceptors (Lipinski definition) is 8. The van der Waals surface area contributed by atoms with Gasteiger partial charge in [-0.05, 0) is 75.2 Å². The van der Waals surface area contributed by atoms with Crippen LogP contribution in [-0.2, 0) is 9.48 Å². The molecule has 204 valence electrons. The quantitative estimate of drug-likeness (QED) is 0.316. The summed E-state index contributed by atoms with van der Waals surface area (Å²) in [6.45, 7) is 6.25. The van der Waals surface area contributed by atoms with Gasteiger partial charge in [0.25, 0.3) is 0 Å². The summed E-state index contributed by atoms with van der Waals surface area (Å²) in [6.07, 6.45) is 1.14. The number of carbonyl (C=O) groups excluding carboxylic acids is 1. The van der Waals surface area contributed by atoms with Crippen LogP contribution in [0.15, 0.2) is 59.5 Å². The van der Waals surface area contributed by atoms with Crippen LogP contribution < -0.4 is 15.5 Å². The van der Waals surface area contributed by atoms with Crippen LogP contribution in [0.3, 0.4) is 0 Å². The molecular formula is C28H32N6O4S. The van der Waals surface area contributed by atoms with Crippen molar-refractivity contribution in [1.82, 2.24) is 15.3 Å². The molecule has 0 radical (unpaired) electrons. The highest BCUT2D eigenvalue weighted by Gasteiger charge is 2.57. The first-order valence-corrected chi connectivity index (χ1v) is 14.5. The minimum Gasteiger partial charge on any atom is -0.377 e. The number of carbonyl (C=O) groups is 1. The van der Waals surface area contributed by atoms with Gasteiger partial charge in [-0.2, -0.15) is 15.9 Å². The van der Waals surface area contributed by atoms with E-state index in [4.69, 9.17) is 20.0 Å². The molecule has 39 heavy (non-hydrogen) atoms. The zero-order valence-electron chi connectivity index (χ0n) is 21.9. The Balaban J connectivity index is 1.55. The fraction of sp³-hybridized carbons (Fsp3) is 0.357. The Morgan fingerprint density at radius 2 is 1.90 bits per heavy atom. The van der Waals surface area contributed by atoms with E-state index in [1.165, 1.54) is 0 Å². The molecule has 1 saturated carbocycles. The Morgan fingerprint density at radius 1 is 1.18 bits per heavy atom. The first kappa shape index (κ1) is 26.9. The molecule has 3 aromatic rings. The van der Waals surface area contributed by atoms with Crippen molar-refractivity contribution in [2.45, 2.75) is 42.4 Å². The summed E-state index contributed by atoms with van der Waals surface area (Å²) in [5.41, 5.74) is 2.41. The number of nitriles is 1. The summed E-state index contributed by atoms with van der Waals surface area (Å²) in [6, 6.07) is 17.4. The number of amides is 2. The van der Waals surface area contributed by atoms with Crippen LogP contribution in [0.4, 0.5) is 16.3 Å². The number of urea groups is 1. The second-order valence-electron chi connectivity index (χ2n) is 9.79. The van der Waals surface area contributed by atoms with Crippen molar-refractivity contribution in [3.05, 3.63) is 65.9 Å². The molecule has 0 spiro atoms. The van der Waals surface area contributed by atoms with E-state index in [-0.39, 0.29) is 12.1 Å². The third kappa shape index (κ3) is 5.29. The summed E-state index contributed by atoms with van der Waals surface area (Å²) in [5, 5.41) is 14.6. The lowest BCUT2D eigenvalue weighted by Crippen LogP contribution is -2.44. The van der Waals surface area contributed by atoms with E-state index >= 15 is 0 Å². The highest BCUT2D eigenvalue weighted by atomic mass is 32.3. The van der Waals surface area contributed by atoms with Crippen molar-refractivity contribution >= 4 is 28.1 Å². The highest BCUT2D eigenvalue weighted by Crippen LogP contribution is 2.75. The SMILES string of the molecule is CCNC(=O)Nc1ccc(-c2nc(N3CCOC[C@@H]3C)cc(C3(S(O)(O)c4ccc(C#N)cc4)CC3)n2)cc1. The van der Waals surface area contributed by atoms with Gasteiger partial charge in [0, 0.05) is 30.4 Å². The van der Waals surface area contributed by atoms with Crippen LogP contribution in [0.2, 0.25) is 0 Å². The molecule has 11 heteroatoms. The maximum atomic E-state index is 11.9. The summed E-state index contributed by atoms with van der Waals surface area (Å²) in [7, 11) is -3.29. The first-order chi connectivity index (χ1) is 18.8. The maximum Gasteiger partial charge on any atom is 0.319 e. The zero-order valence-corrected chi connectivity index (χ0v) is 22.7. The van der Waals surface area contributed by atoms with E-state index in [9.17, 15) is 13.9 Å². The van der Waals surface area contributed by atoms with Crippen molar-refractivity contribution in [2.24, 2.45) is 0 Å². The van der Waals surface area contributed by atoms with Gasteiger partial charge >= 0.3 is 6.03 Å². The van der Waals surface area contributed by atoms with E-state index < -0.39 is 15.3 Å². The average Bonchev–Trinajstić information content (AvgIpc) is 3.77. The average molecular weight is 549 g/mol. The standard InChI is InChI=1S/C28H32N6O4S/c1-3-30-27(35)31-22-8-6-21(7-9-22)26-32-24(16-25(33-26)34-14-15-38-18-19(34)2)28(12-13-28)39(36,37)23-10-4-20(17-29)5-11-23/h4-11,16,19,36-37H,3,12-15,18H2,1-2H3,(H2,30,31,35)/t19-/m0/s1. The minimum absolute atomic E-state index is 0.0899. The van der Waals surface area contributed by atoms with Crippen LogP contribution in [0.25, 0.3) is 11.4 Å². The molecule has 2 heterocycles. The third-order valence-electron chi connectivity index (χ3n) is 7.14. The van der Waals surface area contributed by atoms with Gasteiger partial charge in [0.2, 0.25) is 0 Å². The molecule has 1 aromatic heterocycles. The van der Waals surface area contributed by atoms with Gasteiger partial charge in [-0.15, -0.1) is 0 Å². The molecule has 4 N–H and O–H groups in total. The summed E-state index contributed by atoms with van der Waals surface area (Å²) >= 11 is 0. The number of ether oxygens (including phenoxy) is 1. The summed E-state index contributed by atoms with van der Waals surface area (Å²) < 4.78 is 27.9. The predicted molar refractivity (Wildman–Crippen MR) is 151 cm³/mol. The van der Waals surface area contributed by atoms with Crippen molar-refractivity contribution in [3.8, 4) is 17.5 Å². The van der Waals surface area contributed by atoms with Gasteiger partial charge in [-0.1, -0.05) is 0 Å². The molecule has 0 unspecified atom stereocenters. The maximum absolute atomic E-state index is 11.9. The Labute approximate surface area is 229 Å². The van der Waals surface area contributed by atoms with E-state index in [1.54, 1.807) is 36.4 Å². The number of morpholine rings is 1. The normalized spacial score (nSPS) is 18.6. The minimum atomic E-state index is -3.29. The highest BCUT2D eigenvalue weighted by molar-refractivity contribution is 8.25. The monoisotopic (exact) mass is 548 g/mol. The Kier molecular flexibility index (Phi) is 7.46. The molecule has 1 saturated heterocycles. The topological polar surface area (TPSA) is 144 Å².